The summed E-state index contributed by atoms with van der Waals surface area (Å²) in [6, 6.07) is 27.4. The molecule has 10 nitrogen and oxygen atoms in total. The highest BCUT2D eigenvalue weighted by Crippen LogP contribution is 2.34. The summed E-state index contributed by atoms with van der Waals surface area (Å²) in [4.78, 5) is 19.5. The fourth-order valence-corrected chi connectivity index (χ4v) is 4.70. The molecule has 0 spiro atoms. The van der Waals surface area contributed by atoms with Crippen molar-refractivity contribution in [3.05, 3.63) is 96.1 Å². The molecular formula is C31H32N8O2. The van der Waals surface area contributed by atoms with E-state index in [9.17, 15) is 4.79 Å². The Balaban J connectivity index is 1.63. The van der Waals surface area contributed by atoms with Crippen LogP contribution in [0.3, 0.4) is 0 Å². The third-order valence-corrected chi connectivity index (χ3v) is 6.49. The van der Waals surface area contributed by atoms with E-state index in [-0.39, 0.29) is 0 Å². The van der Waals surface area contributed by atoms with Crippen molar-refractivity contribution < 1.29 is 9.53 Å². The number of H-pyrrole nitrogens is 1. The van der Waals surface area contributed by atoms with E-state index in [1.165, 1.54) is 12.7 Å². The van der Waals surface area contributed by atoms with Gasteiger partial charge in [-0.1, -0.05) is 68.4 Å². The van der Waals surface area contributed by atoms with Gasteiger partial charge in [-0.2, -0.15) is 0 Å². The molecular weight excluding hydrogens is 516 g/mol. The minimum Gasteiger partial charge on any atom is -0.496 e. The number of rotatable bonds is 11. The van der Waals surface area contributed by atoms with Crippen LogP contribution in [0.15, 0.2) is 84.9 Å². The smallest absolute Gasteiger partial charge is 0.252 e. The largest absolute Gasteiger partial charge is 0.496 e. The van der Waals surface area contributed by atoms with Crippen molar-refractivity contribution in [2.45, 2.75) is 20.4 Å². The lowest BCUT2D eigenvalue weighted by atomic mass is 10.0. The van der Waals surface area contributed by atoms with Crippen LogP contribution in [-0.4, -0.2) is 45.2 Å². The molecule has 0 aliphatic heterocycles. The first kappa shape index (κ1) is 27.3. The first-order valence-electron chi connectivity index (χ1n) is 13.3. The zero-order chi connectivity index (χ0) is 28.8. The van der Waals surface area contributed by atoms with E-state index in [1.54, 1.807) is 12.1 Å². The highest BCUT2D eigenvalue weighted by Gasteiger charge is 2.18. The maximum atomic E-state index is 12.1. The average Bonchev–Trinajstić information content (AvgIpc) is 3.52. The number of carbonyl (C=O) groups is 1. The number of pyridine rings is 1. The van der Waals surface area contributed by atoms with Gasteiger partial charge in [0.1, 0.15) is 11.6 Å². The summed E-state index contributed by atoms with van der Waals surface area (Å²) in [5, 5.41) is 18.0. The molecule has 5 aromatic rings. The Kier molecular flexibility index (Phi) is 8.19. The predicted molar refractivity (Wildman–Crippen MR) is 160 cm³/mol. The first-order valence-corrected chi connectivity index (χ1v) is 13.3. The number of aromatic nitrogens is 5. The summed E-state index contributed by atoms with van der Waals surface area (Å²) in [6.45, 7) is 5.87. The summed E-state index contributed by atoms with van der Waals surface area (Å²) in [5.41, 5.74) is 11.0. The third-order valence-electron chi connectivity index (χ3n) is 6.49. The number of primary amides is 1. The SMILES string of the molecule is COc1ccc(Nc2cc(-c3ccccc3-c3nnn[nH]3)nc(N(Cc3ccccc3)CC(C)C)c2)cc1C(N)=O. The number of amides is 1. The molecule has 2 heterocycles. The maximum absolute atomic E-state index is 12.1. The van der Waals surface area contributed by atoms with Gasteiger partial charge in [-0.05, 0) is 46.2 Å². The molecule has 0 aliphatic rings. The van der Waals surface area contributed by atoms with Crippen molar-refractivity contribution >= 4 is 23.1 Å². The zero-order valence-corrected chi connectivity index (χ0v) is 23.2. The summed E-state index contributed by atoms with van der Waals surface area (Å²) in [7, 11) is 1.51. The summed E-state index contributed by atoms with van der Waals surface area (Å²) in [6.07, 6.45) is 0. The molecule has 4 N–H and O–H groups in total. The monoisotopic (exact) mass is 548 g/mol. The fraction of sp³-hybridized carbons (Fsp3) is 0.194. The Bertz CT molecular complexity index is 1620. The number of nitrogens with two attached hydrogens (primary N) is 1. The van der Waals surface area contributed by atoms with Crippen LogP contribution in [-0.2, 0) is 6.54 Å². The molecule has 1 amide bonds. The Morgan fingerprint density at radius 2 is 1.73 bits per heavy atom. The van der Waals surface area contributed by atoms with Gasteiger partial charge >= 0.3 is 0 Å². The summed E-state index contributed by atoms with van der Waals surface area (Å²) in [5.74, 6) is 1.60. The number of benzene rings is 3. The molecule has 0 saturated carbocycles. The quantitative estimate of drug-likeness (QED) is 0.199. The first-order chi connectivity index (χ1) is 19.9. The fourth-order valence-electron chi connectivity index (χ4n) is 4.70. The van der Waals surface area contributed by atoms with Gasteiger partial charge in [0.25, 0.3) is 5.91 Å². The molecule has 5 rings (SSSR count). The number of tetrazole rings is 1. The van der Waals surface area contributed by atoms with Gasteiger partial charge in [0, 0.05) is 41.7 Å². The van der Waals surface area contributed by atoms with E-state index in [1.807, 2.05) is 60.7 Å². The van der Waals surface area contributed by atoms with Crippen molar-refractivity contribution in [2.24, 2.45) is 11.7 Å². The highest BCUT2D eigenvalue weighted by molar-refractivity contribution is 5.97. The average molecular weight is 549 g/mol. The molecule has 0 unspecified atom stereocenters. The van der Waals surface area contributed by atoms with Crippen molar-refractivity contribution in [1.29, 1.82) is 0 Å². The predicted octanol–water partition coefficient (Wildman–Crippen LogP) is 5.44. The van der Waals surface area contributed by atoms with Crippen molar-refractivity contribution in [2.75, 3.05) is 23.9 Å². The number of hydrogen-bond donors (Lipinski definition) is 3. The highest BCUT2D eigenvalue weighted by atomic mass is 16.5. The minimum absolute atomic E-state index is 0.292. The van der Waals surface area contributed by atoms with Gasteiger partial charge in [0.05, 0.1) is 18.4 Å². The van der Waals surface area contributed by atoms with Crippen LogP contribution in [0.5, 0.6) is 5.75 Å². The Labute approximate surface area is 238 Å². The molecule has 208 valence electrons. The van der Waals surface area contributed by atoms with E-state index in [0.717, 1.165) is 34.9 Å². The number of anilines is 3. The second-order valence-corrected chi connectivity index (χ2v) is 10.1. The molecule has 0 bridgehead atoms. The number of methoxy groups -OCH3 is 1. The summed E-state index contributed by atoms with van der Waals surface area (Å²) < 4.78 is 5.32. The van der Waals surface area contributed by atoms with Crippen LogP contribution in [0.25, 0.3) is 22.6 Å². The van der Waals surface area contributed by atoms with E-state index in [2.05, 4.69) is 56.8 Å². The van der Waals surface area contributed by atoms with Gasteiger partial charge in [-0.3, -0.25) is 4.79 Å². The van der Waals surface area contributed by atoms with Crippen molar-refractivity contribution in [3.8, 4) is 28.4 Å². The van der Waals surface area contributed by atoms with Crippen LogP contribution in [0.4, 0.5) is 17.2 Å². The van der Waals surface area contributed by atoms with E-state index in [0.29, 0.717) is 35.3 Å². The van der Waals surface area contributed by atoms with Crippen LogP contribution < -0.4 is 20.7 Å². The number of nitrogens with one attached hydrogen (secondary N) is 2. The lowest BCUT2D eigenvalue weighted by Gasteiger charge is -2.27. The normalized spacial score (nSPS) is 10.9. The van der Waals surface area contributed by atoms with Gasteiger partial charge < -0.3 is 20.7 Å². The van der Waals surface area contributed by atoms with E-state index >= 15 is 0 Å². The van der Waals surface area contributed by atoms with E-state index < -0.39 is 5.91 Å². The molecule has 2 aromatic heterocycles. The standard InChI is InChI=1S/C31H32N8O2/c1-20(2)18-39(19-21-9-5-4-6-10-21)29-17-23(33-22-13-14-28(41-3)26(15-22)30(32)40)16-27(34-29)24-11-7-8-12-25(24)31-35-37-38-36-31/h4-17,20H,18-19H2,1-3H3,(H2,32,40)(H,33,34)(H,35,36,37,38). The number of nitrogens with zero attached hydrogens (tertiary/aromatic N) is 5. The van der Waals surface area contributed by atoms with E-state index in [4.69, 9.17) is 15.5 Å². The van der Waals surface area contributed by atoms with Crippen molar-refractivity contribution in [3.63, 3.8) is 0 Å². The Morgan fingerprint density at radius 1 is 0.976 bits per heavy atom. The Hall–Kier alpha value is -5.25. The number of carbonyl (C=O) groups excluding carboxylic acids is 1. The molecule has 0 radical (unpaired) electrons. The molecule has 41 heavy (non-hydrogen) atoms. The third kappa shape index (κ3) is 6.50. The Morgan fingerprint density at radius 3 is 2.41 bits per heavy atom. The van der Waals surface area contributed by atoms with Crippen LogP contribution in [0.1, 0.15) is 29.8 Å². The van der Waals surface area contributed by atoms with Crippen LogP contribution in [0.2, 0.25) is 0 Å². The number of ether oxygens (including phenoxy) is 1. The molecule has 0 atom stereocenters. The van der Waals surface area contributed by atoms with Gasteiger partial charge in [-0.15, -0.1) is 5.10 Å². The lowest BCUT2D eigenvalue weighted by molar-refractivity contribution is 0.0997. The minimum atomic E-state index is -0.567. The zero-order valence-electron chi connectivity index (χ0n) is 23.2. The topological polar surface area (TPSA) is 135 Å². The molecule has 10 heteroatoms. The van der Waals surface area contributed by atoms with Crippen molar-refractivity contribution in [1.82, 2.24) is 25.6 Å². The molecule has 3 aromatic carbocycles. The number of aromatic amines is 1. The molecule has 0 saturated heterocycles. The second-order valence-electron chi connectivity index (χ2n) is 10.1. The molecule has 0 aliphatic carbocycles. The van der Waals surface area contributed by atoms with Gasteiger partial charge in [0.2, 0.25) is 0 Å². The summed E-state index contributed by atoms with van der Waals surface area (Å²) >= 11 is 0. The van der Waals surface area contributed by atoms with Gasteiger partial charge in [0.15, 0.2) is 5.82 Å². The maximum Gasteiger partial charge on any atom is 0.252 e. The molecule has 0 fully saturated rings. The lowest BCUT2D eigenvalue weighted by Crippen LogP contribution is -2.28. The van der Waals surface area contributed by atoms with Crippen LogP contribution >= 0.6 is 0 Å². The second kappa shape index (κ2) is 12.3. The van der Waals surface area contributed by atoms with Gasteiger partial charge in [-0.25, -0.2) is 10.1 Å². The number of hydrogen-bond acceptors (Lipinski definition) is 8. The van der Waals surface area contributed by atoms with Crippen LogP contribution in [0, 0.1) is 5.92 Å².